The number of carbonyl (C=O) groups is 1. The summed E-state index contributed by atoms with van der Waals surface area (Å²) in [5.74, 6) is -1.87. The van der Waals surface area contributed by atoms with Crippen LogP contribution in [0.3, 0.4) is 0 Å². The predicted octanol–water partition coefficient (Wildman–Crippen LogP) is 2.63. The first-order chi connectivity index (χ1) is 8.09. The van der Waals surface area contributed by atoms with E-state index in [1.54, 1.807) is 0 Å². The number of aromatic carboxylic acids is 1. The van der Waals surface area contributed by atoms with Crippen molar-refractivity contribution < 1.29 is 14.3 Å². The Bertz CT molecular complexity index is 589. The number of aromatic nitrogens is 2. The smallest absolute Gasteiger partial charge is 0.356 e. The van der Waals surface area contributed by atoms with Gasteiger partial charge in [-0.15, -0.1) is 0 Å². The molecule has 0 radical (unpaired) electrons. The van der Waals surface area contributed by atoms with E-state index in [0.29, 0.717) is 5.02 Å². The zero-order chi connectivity index (χ0) is 12.4. The molecule has 4 nitrogen and oxygen atoms in total. The molecule has 2 rings (SSSR count). The minimum atomic E-state index is -1.27. The molecule has 0 bridgehead atoms. The molecule has 0 fully saturated rings. The number of benzene rings is 1. The summed E-state index contributed by atoms with van der Waals surface area (Å²) in [7, 11) is 0. The molecule has 2 aromatic rings. The van der Waals surface area contributed by atoms with Gasteiger partial charge in [0.15, 0.2) is 5.69 Å². The van der Waals surface area contributed by atoms with Crippen LogP contribution < -0.4 is 0 Å². The molecule has 0 spiro atoms. The highest BCUT2D eigenvalue weighted by Crippen LogP contribution is 2.26. The van der Waals surface area contributed by atoms with Gasteiger partial charge in [-0.3, -0.25) is 4.98 Å². The van der Waals surface area contributed by atoms with Crippen LogP contribution >= 0.6 is 11.6 Å². The van der Waals surface area contributed by atoms with Crippen LogP contribution in [-0.4, -0.2) is 21.0 Å². The molecule has 6 heteroatoms. The molecule has 1 aromatic carbocycles. The highest BCUT2D eigenvalue weighted by atomic mass is 35.5. The summed E-state index contributed by atoms with van der Waals surface area (Å²) >= 11 is 5.74. The van der Waals surface area contributed by atoms with Gasteiger partial charge in [-0.25, -0.2) is 14.2 Å². The fourth-order valence-corrected chi connectivity index (χ4v) is 1.54. The molecule has 1 heterocycles. The Morgan fingerprint density at radius 1 is 1.29 bits per heavy atom. The molecule has 0 aliphatic rings. The lowest BCUT2D eigenvalue weighted by molar-refractivity contribution is 0.0691. The van der Waals surface area contributed by atoms with Crippen molar-refractivity contribution in [1.29, 1.82) is 0 Å². The van der Waals surface area contributed by atoms with Crippen LogP contribution in [0.1, 0.15) is 10.5 Å². The van der Waals surface area contributed by atoms with Crippen molar-refractivity contribution >= 4 is 17.6 Å². The van der Waals surface area contributed by atoms with E-state index in [9.17, 15) is 9.18 Å². The highest BCUT2D eigenvalue weighted by molar-refractivity contribution is 6.30. The lowest BCUT2D eigenvalue weighted by Crippen LogP contribution is -2.05. The number of hydrogen-bond acceptors (Lipinski definition) is 3. The van der Waals surface area contributed by atoms with Gasteiger partial charge in [0, 0.05) is 23.0 Å². The Balaban J connectivity index is 2.68. The summed E-state index contributed by atoms with van der Waals surface area (Å²) in [6.07, 6.45) is 2.53. The lowest BCUT2D eigenvalue weighted by Gasteiger charge is -2.05. The van der Waals surface area contributed by atoms with E-state index in [1.807, 2.05) is 0 Å². The van der Waals surface area contributed by atoms with Crippen molar-refractivity contribution in [3.8, 4) is 11.3 Å². The SMILES string of the molecule is O=C(O)c1nccnc1-c1cc(Cl)ccc1F. The summed E-state index contributed by atoms with van der Waals surface area (Å²) in [4.78, 5) is 18.4. The van der Waals surface area contributed by atoms with Gasteiger partial charge in [0.25, 0.3) is 0 Å². The Hall–Kier alpha value is -2.01. The van der Waals surface area contributed by atoms with Crippen LogP contribution in [0, 0.1) is 5.82 Å². The van der Waals surface area contributed by atoms with Gasteiger partial charge >= 0.3 is 5.97 Å². The quantitative estimate of drug-likeness (QED) is 0.892. The molecule has 17 heavy (non-hydrogen) atoms. The third kappa shape index (κ3) is 2.24. The fraction of sp³-hybridized carbons (Fsp3) is 0. The number of rotatable bonds is 2. The van der Waals surface area contributed by atoms with E-state index >= 15 is 0 Å². The molecular weight excluding hydrogens is 247 g/mol. The maximum Gasteiger partial charge on any atom is 0.356 e. The molecular formula is C11H6ClFN2O2. The summed E-state index contributed by atoms with van der Waals surface area (Å²) in [6.45, 7) is 0. The number of hydrogen-bond donors (Lipinski definition) is 1. The summed E-state index contributed by atoms with van der Waals surface area (Å²) in [6, 6.07) is 3.84. The van der Waals surface area contributed by atoms with Gasteiger partial charge in [0.05, 0.1) is 0 Å². The van der Waals surface area contributed by atoms with Gasteiger partial charge in [-0.2, -0.15) is 0 Å². The molecule has 0 aliphatic carbocycles. The minimum absolute atomic E-state index is 0.0167. The van der Waals surface area contributed by atoms with Crippen molar-refractivity contribution in [3.63, 3.8) is 0 Å². The average molecular weight is 253 g/mol. The minimum Gasteiger partial charge on any atom is -0.476 e. The molecule has 86 valence electrons. The molecule has 0 aliphatic heterocycles. The number of carboxylic acid groups (broad SMARTS) is 1. The molecule has 0 saturated carbocycles. The van der Waals surface area contributed by atoms with Gasteiger partial charge in [-0.1, -0.05) is 11.6 Å². The van der Waals surface area contributed by atoms with Crippen molar-refractivity contribution in [2.24, 2.45) is 0 Å². The van der Waals surface area contributed by atoms with E-state index in [0.717, 1.165) is 6.07 Å². The van der Waals surface area contributed by atoms with Crippen LogP contribution in [0.15, 0.2) is 30.6 Å². The zero-order valence-electron chi connectivity index (χ0n) is 8.39. The zero-order valence-corrected chi connectivity index (χ0v) is 9.15. The molecule has 1 aromatic heterocycles. The van der Waals surface area contributed by atoms with E-state index in [4.69, 9.17) is 16.7 Å². The predicted molar refractivity (Wildman–Crippen MR) is 59.4 cm³/mol. The van der Waals surface area contributed by atoms with Gasteiger partial charge in [0.1, 0.15) is 11.5 Å². The van der Waals surface area contributed by atoms with Gasteiger partial charge in [-0.05, 0) is 18.2 Å². The Kier molecular flexibility index (Phi) is 3.01. The van der Waals surface area contributed by atoms with Crippen LogP contribution in [0.4, 0.5) is 4.39 Å². The van der Waals surface area contributed by atoms with Crippen LogP contribution in [0.25, 0.3) is 11.3 Å². The number of halogens is 2. The largest absolute Gasteiger partial charge is 0.476 e. The first kappa shape index (κ1) is 11.5. The molecule has 0 unspecified atom stereocenters. The van der Waals surface area contributed by atoms with Gasteiger partial charge in [0.2, 0.25) is 0 Å². The second-order valence-corrected chi connectivity index (χ2v) is 3.62. The number of carboxylic acids is 1. The normalized spacial score (nSPS) is 10.2. The highest BCUT2D eigenvalue weighted by Gasteiger charge is 2.17. The summed E-state index contributed by atoms with van der Waals surface area (Å²) in [5, 5.41) is 9.22. The molecule has 1 N–H and O–H groups in total. The Morgan fingerprint density at radius 2 is 2.00 bits per heavy atom. The van der Waals surface area contributed by atoms with Crippen molar-refractivity contribution in [3.05, 3.63) is 47.1 Å². The van der Waals surface area contributed by atoms with E-state index in [2.05, 4.69) is 9.97 Å². The van der Waals surface area contributed by atoms with E-state index in [1.165, 1.54) is 24.5 Å². The maximum atomic E-state index is 13.6. The summed E-state index contributed by atoms with van der Waals surface area (Å²) < 4.78 is 13.6. The van der Waals surface area contributed by atoms with Gasteiger partial charge < -0.3 is 5.11 Å². The standard InChI is InChI=1S/C11H6ClFN2O2/c12-6-1-2-8(13)7(5-6)9-10(11(16)17)15-4-3-14-9/h1-5H,(H,16,17). The van der Waals surface area contributed by atoms with Crippen LogP contribution in [-0.2, 0) is 0 Å². The molecule has 0 atom stereocenters. The first-order valence-corrected chi connectivity index (χ1v) is 4.97. The second kappa shape index (κ2) is 4.47. The lowest BCUT2D eigenvalue weighted by atomic mass is 10.1. The van der Waals surface area contributed by atoms with Crippen LogP contribution in [0.5, 0.6) is 0 Å². The molecule has 0 amide bonds. The maximum absolute atomic E-state index is 13.6. The Labute approximate surface area is 101 Å². The third-order valence-corrected chi connectivity index (χ3v) is 2.32. The Morgan fingerprint density at radius 3 is 2.71 bits per heavy atom. The third-order valence-electron chi connectivity index (χ3n) is 2.08. The van der Waals surface area contributed by atoms with E-state index < -0.39 is 11.8 Å². The van der Waals surface area contributed by atoms with E-state index in [-0.39, 0.29) is 17.0 Å². The monoisotopic (exact) mass is 252 g/mol. The first-order valence-electron chi connectivity index (χ1n) is 4.59. The van der Waals surface area contributed by atoms with Crippen molar-refractivity contribution in [2.45, 2.75) is 0 Å². The topological polar surface area (TPSA) is 63.1 Å². The second-order valence-electron chi connectivity index (χ2n) is 3.18. The van der Waals surface area contributed by atoms with Crippen LogP contribution in [0.2, 0.25) is 5.02 Å². The fourth-order valence-electron chi connectivity index (χ4n) is 1.37. The van der Waals surface area contributed by atoms with Crippen molar-refractivity contribution in [1.82, 2.24) is 9.97 Å². The summed E-state index contributed by atoms with van der Waals surface area (Å²) in [5.41, 5.74) is -0.336. The van der Waals surface area contributed by atoms with Crippen molar-refractivity contribution in [2.75, 3.05) is 0 Å². The average Bonchev–Trinajstić information content (AvgIpc) is 2.32. The molecule has 0 saturated heterocycles. The number of nitrogens with zero attached hydrogens (tertiary/aromatic N) is 2.